The predicted molar refractivity (Wildman–Crippen MR) is 59.7 cm³/mol. The Morgan fingerprint density at radius 2 is 1.88 bits per heavy atom. The Bertz CT molecular complexity index is 196. The molecule has 16 heavy (non-hydrogen) atoms. The van der Waals surface area contributed by atoms with Gasteiger partial charge in [-0.1, -0.05) is 6.42 Å². The summed E-state index contributed by atoms with van der Waals surface area (Å²) in [7, 11) is 0. The van der Waals surface area contributed by atoms with Crippen LogP contribution in [0.15, 0.2) is 0 Å². The first kappa shape index (κ1) is 14.1. The van der Waals surface area contributed by atoms with Gasteiger partial charge in [0.05, 0.1) is 0 Å². The first-order chi connectivity index (χ1) is 7.53. The number of hydrogen-bond acceptors (Lipinski definition) is 1. The Morgan fingerprint density at radius 3 is 2.50 bits per heavy atom. The number of nitrogens with one attached hydrogen (secondary N) is 1. The van der Waals surface area contributed by atoms with Crippen LogP contribution in [0.1, 0.15) is 32.1 Å². The van der Waals surface area contributed by atoms with Crippen LogP contribution in [0, 0.1) is 11.8 Å². The van der Waals surface area contributed by atoms with Crippen LogP contribution >= 0.6 is 11.6 Å². The molecule has 0 heterocycles. The smallest absolute Gasteiger partial charge is 0.316 e. The zero-order valence-corrected chi connectivity index (χ0v) is 10.1. The van der Waals surface area contributed by atoms with Crippen molar-refractivity contribution in [2.45, 2.75) is 38.3 Å². The molecule has 1 rings (SSSR count). The minimum absolute atomic E-state index is 0.168. The largest absolute Gasteiger partial charge is 0.389 e. The highest BCUT2D eigenvalue weighted by molar-refractivity contribution is 6.18. The lowest BCUT2D eigenvalue weighted by Crippen LogP contribution is -2.27. The van der Waals surface area contributed by atoms with Crippen LogP contribution < -0.4 is 5.32 Å². The molecule has 0 aromatic carbocycles. The average molecular weight is 258 g/mol. The summed E-state index contributed by atoms with van der Waals surface area (Å²) in [5, 5.41) is 3.11. The molecular weight excluding hydrogens is 239 g/mol. The Hall–Kier alpha value is 0.0400. The number of halogens is 4. The molecule has 1 aliphatic carbocycles. The average Bonchev–Trinajstić information content (AvgIpc) is 2.63. The fourth-order valence-electron chi connectivity index (χ4n) is 2.29. The second-order valence-corrected chi connectivity index (χ2v) is 4.84. The van der Waals surface area contributed by atoms with Crippen molar-refractivity contribution in [3.63, 3.8) is 0 Å². The molecule has 2 unspecified atom stereocenters. The van der Waals surface area contributed by atoms with E-state index in [1.807, 2.05) is 0 Å². The Kier molecular flexibility index (Phi) is 5.90. The summed E-state index contributed by atoms with van der Waals surface area (Å²) in [6, 6.07) is 0. The van der Waals surface area contributed by atoms with Crippen LogP contribution in [0.25, 0.3) is 0 Å². The first-order valence-corrected chi connectivity index (χ1v) is 6.40. The van der Waals surface area contributed by atoms with Crippen molar-refractivity contribution < 1.29 is 13.2 Å². The van der Waals surface area contributed by atoms with Crippen LogP contribution in [0.4, 0.5) is 13.2 Å². The molecule has 1 saturated carbocycles. The lowest BCUT2D eigenvalue weighted by atomic mass is 9.98. The highest BCUT2D eigenvalue weighted by Gasteiger charge is 2.27. The maximum atomic E-state index is 11.9. The van der Waals surface area contributed by atoms with Crippen molar-refractivity contribution in [1.29, 1.82) is 0 Å². The fourth-order valence-corrected chi connectivity index (χ4v) is 2.69. The third-order valence-corrected chi connectivity index (χ3v) is 3.63. The molecule has 1 aliphatic rings. The van der Waals surface area contributed by atoms with Gasteiger partial charge in [-0.3, -0.25) is 0 Å². The minimum atomic E-state index is -4.02. The standard InChI is InChI=1S/C11H19ClF3N/c12-7-9-3-1-4-10(9)8-16-6-2-5-11(13,14)15/h9-10,16H,1-8H2. The highest BCUT2D eigenvalue weighted by Crippen LogP contribution is 2.31. The topological polar surface area (TPSA) is 12.0 Å². The Balaban J connectivity index is 2.03. The van der Waals surface area contributed by atoms with Gasteiger partial charge < -0.3 is 5.32 Å². The lowest BCUT2D eigenvalue weighted by Gasteiger charge is -2.17. The van der Waals surface area contributed by atoms with Gasteiger partial charge in [0.2, 0.25) is 0 Å². The summed E-state index contributed by atoms with van der Waals surface area (Å²) in [5.41, 5.74) is 0. The molecule has 1 fully saturated rings. The molecule has 96 valence electrons. The van der Waals surface area contributed by atoms with E-state index in [1.54, 1.807) is 0 Å². The van der Waals surface area contributed by atoms with Gasteiger partial charge in [0, 0.05) is 12.3 Å². The maximum Gasteiger partial charge on any atom is 0.389 e. The van der Waals surface area contributed by atoms with Crippen molar-refractivity contribution in [1.82, 2.24) is 5.32 Å². The van der Waals surface area contributed by atoms with Crippen molar-refractivity contribution in [2.75, 3.05) is 19.0 Å². The molecule has 1 N–H and O–H groups in total. The van der Waals surface area contributed by atoms with E-state index in [9.17, 15) is 13.2 Å². The summed E-state index contributed by atoms with van der Waals surface area (Å²) in [6.07, 6.45) is -1.02. The second-order valence-electron chi connectivity index (χ2n) is 4.53. The zero-order valence-electron chi connectivity index (χ0n) is 9.32. The molecule has 5 heteroatoms. The summed E-state index contributed by atoms with van der Waals surface area (Å²) >= 11 is 5.83. The van der Waals surface area contributed by atoms with Crippen molar-refractivity contribution >= 4 is 11.6 Å². The second kappa shape index (κ2) is 6.70. The van der Waals surface area contributed by atoms with Crippen LogP contribution in [0.5, 0.6) is 0 Å². The molecule has 0 bridgehead atoms. The molecule has 2 atom stereocenters. The van der Waals surface area contributed by atoms with Gasteiger partial charge in [0.1, 0.15) is 0 Å². The molecule has 0 spiro atoms. The zero-order chi connectivity index (χ0) is 12.0. The first-order valence-electron chi connectivity index (χ1n) is 5.86. The van der Waals surface area contributed by atoms with E-state index in [1.165, 1.54) is 12.8 Å². The fraction of sp³-hybridized carbons (Fsp3) is 1.00. The van der Waals surface area contributed by atoms with Crippen molar-refractivity contribution in [3.05, 3.63) is 0 Å². The molecule has 0 aromatic rings. The molecule has 0 aliphatic heterocycles. The molecule has 0 saturated heterocycles. The predicted octanol–water partition coefficient (Wildman–Crippen LogP) is 3.57. The van der Waals surface area contributed by atoms with E-state index in [4.69, 9.17) is 11.6 Å². The monoisotopic (exact) mass is 257 g/mol. The Labute approximate surface area is 99.7 Å². The van der Waals surface area contributed by atoms with Crippen LogP contribution in [-0.2, 0) is 0 Å². The van der Waals surface area contributed by atoms with E-state index in [0.29, 0.717) is 24.3 Å². The summed E-state index contributed by atoms with van der Waals surface area (Å²) in [4.78, 5) is 0. The van der Waals surface area contributed by atoms with Crippen LogP contribution in [0.2, 0.25) is 0 Å². The number of hydrogen-bond donors (Lipinski definition) is 1. The van der Waals surface area contributed by atoms with E-state index in [2.05, 4.69) is 5.32 Å². The number of rotatable bonds is 6. The lowest BCUT2D eigenvalue weighted by molar-refractivity contribution is -0.135. The van der Waals surface area contributed by atoms with Crippen LogP contribution in [-0.4, -0.2) is 25.1 Å². The van der Waals surface area contributed by atoms with Gasteiger partial charge in [0.25, 0.3) is 0 Å². The van der Waals surface area contributed by atoms with Gasteiger partial charge >= 0.3 is 6.18 Å². The maximum absolute atomic E-state index is 11.9. The SMILES string of the molecule is FC(F)(F)CCCNCC1CCCC1CCl. The summed E-state index contributed by atoms with van der Waals surface area (Å²) in [6.45, 7) is 1.26. The Morgan fingerprint density at radius 1 is 1.19 bits per heavy atom. The van der Waals surface area contributed by atoms with Gasteiger partial charge in [-0.05, 0) is 44.2 Å². The summed E-state index contributed by atoms with van der Waals surface area (Å²) < 4.78 is 35.6. The van der Waals surface area contributed by atoms with Gasteiger partial charge in [-0.2, -0.15) is 13.2 Å². The summed E-state index contributed by atoms with van der Waals surface area (Å²) in [5.74, 6) is 1.79. The van der Waals surface area contributed by atoms with Crippen LogP contribution in [0.3, 0.4) is 0 Å². The highest BCUT2D eigenvalue weighted by atomic mass is 35.5. The third kappa shape index (κ3) is 5.39. The molecule has 1 nitrogen and oxygen atoms in total. The van der Waals surface area contributed by atoms with Crippen molar-refractivity contribution in [3.8, 4) is 0 Å². The van der Waals surface area contributed by atoms with E-state index in [0.717, 1.165) is 13.0 Å². The normalized spacial score (nSPS) is 26.2. The molecular formula is C11H19ClF3N. The molecule has 0 radical (unpaired) electrons. The molecule has 0 aromatic heterocycles. The van der Waals surface area contributed by atoms with Gasteiger partial charge in [-0.25, -0.2) is 0 Å². The molecule has 0 amide bonds. The third-order valence-electron chi connectivity index (χ3n) is 3.24. The van der Waals surface area contributed by atoms with E-state index in [-0.39, 0.29) is 6.42 Å². The number of alkyl halides is 4. The minimum Gasteiger partial charge on any atom is -0.316 e. The van der Waals surface area contributed by atoms with Crippen molar-refractivity contribution in [2.24, 2.45) is 11.8 Å². The van der Waals surface area contributed by atoms with E-state index < -0.39 is 12.6 Å². The van der Waals surface area contributed by atoms with Gasteiger partial charge in [0.15, 0.2) is 0 Å². The quantitative estimate of drug-likeness (QED) is 0.567. The van der Waals surface area contributed by atoms with Gasteiger partial charge in [-0.15, -0.1) is 11.6 Å². The van der Waals surface area contributed by atoms with E-state index >= 15 is 0 Å².